The molecular weight excluding hydrogens is 509 g/mol. The molecule has 1 aliphatic carbocycles. The minimum Gasteiger partial charge on any atom is -0.369 e. The molecule has 3 atom stereocenters. The van der Waals surface area contributed by atoms with Crippen molar-refractivity contribution in [2.75, 3.05) is 44.9 Å². The second kappa shape index (κ2) is 15.0. The van der Waals surface area contributed by atoms with E-state index < -0.39 is 6.04 Å². The number of rotatable bonds is 11. The van der Waals surface area contributed by atoms with Gasteiger partial charge in [0, 0.05) is 43.9 Å². The lowest BCUT2D eigenvalue weighted by Crippen LogP contribution is -2.48. The Labute approximate surface area is 236 Å². The summed E-state index contributed by atoms with van der Waals surface area (Å²) in [6.45, 7) is 5.18. The van der Waals surface area contributed by atoms with Crippen LogP contribution < -0.4 is 16.0 Å². The SMILES string of the molecule is CCCNc1nc(Nc2cccc(F)c2)ncc1C#C[C@@H]1CC[C@H](NC(=O)[C@H](C)N(C)C(=O)/C=C/CN(C)C)C1. The van der Waals surface area contributed by atoms with Crippen LogP contribution in [0.1, 0.15) is 45.1 Å². The molecule has 1 aromatic heterocycles. The predicted octanol–water partition coefficient (Wildman–Crippen LogP) is 3.78. The molecule has 2 aromatic rings. The first-order valence-electron chi connectivity index (χ1n) is 13.7. The Balaban J connectivity index is 1.59. The van der Waals surface area contributed by atoms with E-state index in [1.54, 1.807) is 38.4 Å². The van der Waals surface area contributed by atoms with Gasteiger partial charge in [0.05, 0.1) is 11.8 Å². The highest BCUT2D eigenvalue weighted by molar-refractivity contribution is 5.92. The van der Waals surface area contributed by atoms with Crippen molar-refractivity contribution in [3.63, 3.8) is 0 Å². The molecule has 0 radical (unpaired) electrons. The zero-order valence-corrected chi connectivity index (χ0v) is 24.0. The fraction of sp³-hybridized carbons (Fsp3) is 0.467. The average molecular weight is 550 g/mol. The highest BCUT2D eigenvalue weighted by Gasteiger charge is 2.28. The number of nitrogens with one attached hydrogen (secondary N) is 3. The molecule has 0 bridgehead atoms. The molecule has 1 aliphatic rings. The highest BCUT2D eigenvalue weighted by atomic mass is 19.1. The number of amides is 2. The van der Waals surface area contributed by atoms with Crippen LogP contribution >= 0.6 is 0 Å². The van der Waals surface area contributed by atoms with Crippen LogP contribution in [0.4, 0.5) is 21.8 Å². The van der Waals surface area contributed by atoms with Gasteiger partial charge in [-0.25, -0.2) is 9.37 Å². The molecule has 0 spiro atoms. The number of carbonyl (C=O) groups excluding carboxylic acids is 2. The van der Waals surface area contributed by atoms with E-state index in [1.807, 2.05) is 19.0 Å². The van der Waals surface area contributed by atoms with Crippen LogP contribution in [0.15, 0.2) is 42.6 Å². The van der Waals surface area contributed by atoms with Crippen LogP contribution in [0, 0.1) is 23.6 Å². The molecular formula is C30H40FN7O2. The van der Waals surface area contributed by atoms with Gasteiger partial charge in [0.15, 0.2) is 0 Å². The normalized spacial score (nSPS) is 17.3. The van der Waals surface area contributed by atoms with Gasteiger partial charge in [-0.1, -0.05) is 30.9 Å². The lowest BCUT2D eigenvalue weighted by Gasteiger charge is -2.24. The monoisotopic (exact) mass is 549 g/mol. The number of anilines is 3. The topological polar surface area (TPSA) is 102 Å². The molecule has 1 fully saturated rings. The van der Waals surface area contributed by atoms with Crippen molar-refractivity contribution >= 4 is 29.3 Å². The first-order chi connectivity index (χ1) is 19.2. The number of benzene rings is 1. The molecule has 1 heterocycles. The van der Waals surface area contributed by atoms with Gasteiger partial charge in [-0.15, -0.1) is 0 Å². The summed E-state index contributed by atoms with van der Waals surface area (Å²) >= 11 is 0. The second-order valence-corrected chi connectivity index (χ2v) is 10.3. The fourth-order valence-electron chi connectivity index (χ4n) is 4.20. The quantitative estimate of drug-likeness (QED) is 0.290. The Hall–Kier alpha value is -3.97. The Bertz CT molecular complexity index is 1250. The minimum atomic E-state index is -0.578. The van der Waals surface area contributed by atoms with Crippen LogP contribution in [-0.2, 0) is 9.59 Å². The van der Waals surface area contributed by atoms with Crippen molar-refractivity contribution in [3.8, 4) is 11.8 Å². The van der Waals surface area contributed by atoms with Crippen molar-refractivity contribution in [1.82, 2.24) is 25.1 Å². The molecule has 1 saturated carbocycles. The molecule has 0 unspecified atom stereocenters. The van der Waals surface area contributed by atoms with Crippen molar-refractivity contribution in [2.45, 2.75) is 51.6 Å². The van der Waals surface area contributed by atoms with Gasteiger partial charge in [0.1, 0.15) is 17.7 Å². The van der Waals surface area contributed by atoms with Gasteiger partial charge < -0.3 is 25.8 Å². The van der Waals surface area contributed by atoms with Crippen LogP contribution in [0.5, 0.6) is 0 Å². The third-order valence-electron chi connectivity index (χ3n) is 6.64. The Morgan fingerprint density at radius 3 is 2.77 bits per heavy atom. The largest absolute Gasteiger partial charge is 0.369 e. The number of likely N-dealkylation sites (N-methyl/N-ethyl adjacent to an activating group) is 2. The molecule has 214 valence electrons. The molecule has 0 aliphatic heterocycles. The van der Waals surface area contributed by atoms with E-state index in [9.17, 15) is 14.0 Å². The third kappa shape index (κ3) is 9.35. The zero-order chi connectivity index (χ0) is 29.1. The Morgan fingerprint density at radius 2 is 2.05 bits per heavy atom. The number of halogens is 1. The van der Waals surface area contributed by atoms with Crippen molar-refractivity contribution in [2.24, 2.45) is 5.92 Å². The van der Waals surface area contributed by atoms with E-state index >= 15 is 0 Å². The Kier molecular flexibility index (Phi) is 11.5. The van der Waals surface area contributed by atoms with Crippen LogP contribution in [0.25, 0.3) is 0 Å². The molecule has 0 saturated heterocycles. The van der Waals surface area contributed by atoms with Crippen molar-refractivity contribution < 1.29 is 14.0 Å². The van der Waals surface area contributed by atoms with Gasteiger partial charge in [-0.2, -0.15) is 4.98 Å². The summed E-state index contributed by atoms with van der Waals surface area (Å²) in [5.41, 5.74) is 1.24. The van der Waals surface area contributed by atoms with E-state index in [0.717, 1.165) is 32.2 Å². The summed E-state index contributed by atoms with van der Waals surface area (Å²) in [4.78, 5) is 37.5. The molecule has 1 aromatic carbocycles. The van der Waals surface area contributed by atoms with E-state index in [2.05, 4.69) is 44.7 Å². The van der Waals surface area contributed by atoms with Gasteiger partial charge in [0.25, 0.3) is 0 Å². The maximum absolute atomic E-state index is 13.5. The Morgan fingerprint density at radius 1 is 1.25 bits per heavy atom. The molecule has 3 N–H and O–H groups in total. The highest BCUT2D eigenvalue weighted by Crippen LogP contribution is 2.26. The lowest BCUT2D eigenvalue weighted by molar-refractivity contribution is -0.135. The maximum Gasteiger partial charge on any atom is 0.246 e. The maximum atomic E-state index is 13.5. The van der Waals surface area contributed by atoms with E-state index in [0.29, 0.717) is 29.6 Å². The summed E-state index contributed by atoms with van der Waals surface area (Å²) in [6.07, 6.45) is 8.30. The first kappa shape index (κ1) is 30.6. The summed E-state index contributed by atoms with van der Waals surface area (Å²) in [5.74, 6) is 6.93. The number of hydrogen-bond acceptors (Lipinski definition) is 7. The molecule has 40 heavy (non-hydrogen) atoms. The van der Waals surface area contributed by atoms with Gasteiger partial charge >= 0.3 is 0 Å². The number of nitrogens with zero attached hydrogens (tertiary/aromatic N) is 4. The standard InChI is InChI=1S/C30H40FN7O2/c1-6-16-32-28-23(20-33-30(36-28)35-25-10-7-9-24(31)19-25)14-12-22-13-15-26(18-22)34-29(40)21(2)38(5)27(39)11-8-17-37(3)4/h7-11,19-22,26H,6,13,15-18H2,1-5H3,(H,34,40)(H2,32,33,35,36)/b11-8+/t21-,22+,26-/m0/s1. The van der Waals surface area contributed by atoms with E-state index in [1.165, 1.54) is 23.1 Å². The number of carbonyl (C=O) groups is 2. The fourth-order valence-corrected chi connectivity index (χ4v) is 4.20. The van der Waals surface area contributed by atoms with Crippen LogP contribution in [0.2, 0.25) is 0 Å². The zero-order valence-electron chi connectivity index (χ0n) is 24.0. The summed E-state index contributed by atoms with van der Waals surface area (Å²) in [6, 6.07) is 5.55. The van der Waals surface area contributed by atoms with Gasteiger partial charge in [0.2, 0.25) is 17.8 Å². The van der Waals surface area contributed by atoms with E-state index in [-0.39, 0.29) is 29.6 Å². The molecule has 9 nitrogen and oxygen atoms in total. The van der Waals surface area contributed by atoms with E-state index in [4.69, 9.17) is 0 Å². The third-order valence-corrected chi connectivity index (χ3v) is 6.64. The second-order valence-electron chi connectivity index (χ2n) is 10.3. The minimum absolute atomic E-state index is 0.00816. The first-order valence-corrected chi connectivity index (χ1v) is 13.7. The molecule has 10 heteroatoms. The molecule has 2 amide bonds. The summed E-state index contributed by atoms with van der Waals surface area (Å²) in [7, 11) is 5.49. The van der Waals surface area contributed by atoms with Gasteiger partial charge in [-0.05, 0) is 64.9 Å². The van der Waals surface area contributed by atoms with Crippen molar-refractivity contribution in [3.05, 3.63) is 54.0 Å². The summed E-state index contributed by atoms with van der Waals surface area (Å²) < 4.78 is 13.5. The van der Waals surface area contributed by atoms with Crippen molar-refractivity contribution in [1.29, 1.82) is 0 Å². The molecule has 3 rings (SSSR count). The van der Waals surface area contributed by atoms with Crippen LogP contribution in [0.3, 0.4) is 0 Å². The smallest absolute Gasteiger partial charge is 0.246 e. The number of aromatic nitrogens is 2. The lowest BCUT2D eigenvalue weighted by atomic mass is 10.1. The average Bonchev–Trinajstić information content (AvgIpc) is 3.37. The predicted molar refractivity (Wildman–Crippen MR) is 157 cm³/mol. The van der Waals surface area contributed by atoms with Gasteiger partial charge in [-0.3, -0.25) is 9.59 Å². The van der Waals surface area contributed by atoms with Crippen LogP contribution in [-0.4, -0.2) is 77.9 Å². The summed E-state index contributed by atoms with van der Waals surface area (Å²) in [5, 5.41) is 9.41. The number of hydrogen-bond donors (Lipinski definition) is 3.